The monoisotopic (exact) mass is 220 g/mol. The van der Waals surface area contributed by atoms with Crippen molar-refractivity contribution in [2.45, 2.75) is 26.2 Å². The van der Waals surface area contributed by atoms with Gasteiger partial charge in [-0.1, -0.05) is 18.6 Å². The zero-order valence-corrected chi connectivity index (χ0v) is 9.40. The van der Waals surface area contributed by atoms with Crippen molar-refractivity contribution in [2.75, 3.05) is 11.9 Å². The molecule has 0 atom stereocenters. The van der Waals surface area contributed by atoms with E-state index in [1.807, 2.05) is 13.0 Å². The molecule has 86 valence electrons. The lowest BCUT2D eigenvalue weighted by Crippen LogP contribution is -2.21. The quantitative estimate of drug-likeness (QED) is 0.626. The lowest BCUT2D eigenvalue weighted by molar-refractivity contribution is -0.384. The summed E-state index contributed by atoms with van der Waals surface area (Å²) < 4.78 is 0. The van der Waals surface area contributed by atoms with Crippen LogP contribution < -0.4 is 5.32 Å². The van der Waals surface area contributed by atoms with E-state index in [1.54, 1.807) is 12.1 Å². The molecule has 0 saturated heterocycles. The van der Waals surface area contributed by atoms with Gasteiger partial charge in [-0.05, 0) is 31.2 Å². The first-order valence-electron chi connectivity index (χ1n) is 5.66. The minimum absolute atomic E-state index is 0.180. The molecule has 2 rings (SSSR count). The average Bonchev–Trinajstić information content (AvgIpc) is 2.17. The largest absolute Gasteiger partial charge is 0.379 e. The summed E-state index contributed by atoms with van der Waals surface area (Å²) in [5.74, 6) is 0.694. The Morgan fingerprint density at radius 2 is 2.25 bits per heavy atom. The summed E-state index contributed by atoms with van der Waals surface area (Å²) in [4.78, 5) is 10.5. The molecule has 0 heterocycles. The molecule has 0 unspecified atom stereocenters. The molecule has 1 N–H and O–H groups in total. The standard InChI is InChI=1S/C12H16N2O2/c1-9-4-2-7-11(14(15)16)12(9)13-8-10-5-3-6-10/h2,4,7,10,13H,3,5-6,8H2,1H3. The molecule has 1 aromatic rings. The molecule has 16 heavy (non-hydrogen) atoms. The predicted octanol–water partition coefficient (Wildman–Crippen LogP) is 3.12. The second-order valence-electron chi connectivity index (χ2n) is 4.40. The Labute approximate surface area is 94.8 Å². The molecule has 4 heteroatoms. The van der Waals surface area contributed by atoms with Gasteiger partial charge in [0.05, 0.1) is 4.92 Å². The molecule has 4 nitrogen and oxygen atoms in total. The number of hydrogen-bond donors (Lipinski definition) is 1. The number of rotatable bonds is 4. The van der Waals surface area contributed by atoms with E-state index in [-0.39, 0.29) is 10.6 Å². The molecular formula is C12H16N2O2. The number of benzene rings is 1. The smallest absolute Gasteiger partial charge is 0.292 e. The van der Waals surface area contributed by atoms with Gasteiger partial charge in [-0.2, -0.15) is 0 Å². The van der Waals surface area contributed by atoms with E-state index in [0.717, 1.165) is 12.1 Å². The summed E-state index contributed by atoms with van der Waals surface area (Å²) in [6.07, 6.45) is 3.78. The van der Waals surface area contributed by atoms with E-state index in [1.165, 1.54) is 19.3 Å². The summed E-state index contributed by atoms with van der Waals surface area (Å²) in [7, 11) is 0. The van der Waals surface area contributed by atoms with Gasteiger partial charge in [0.15, 0.2) is 0 Å². The molecule has 1 aliphatic carbocycles. The Kier molecular flexibility index (Phi) is 3.08. The van der Waals surface area contributed by atoms with Crippen molar-refractivity contribution in [1.82, 2.24) is 0 Å². The van der Waals surface area contributed by atoms with Crippen LogP contribution in [0, 0.1) is 23.0 Å². The first-order valence-corrected chi connectivity index (χ1v) is 5.66. The molecule has 0 aliphatic heterocycles. The van der Waals surface area contributed by atoms with E-state index in [0.29, 0.717) is 11.6 Å². The average molecular weight is 220 g/mol. The van der Waals surface area contributed by atoms with E-state index in [9.17, 15) is 10.1 Å². The van der Waals surface area contributed by atoms with E-state index in [2.05, 4.69) is 5.32 Å². The highest BCUT2D eigenvalue weighted by Gasteiger charge is 2.20. The number of nitro benzene ring substituents is 1. The summed E-state index contributed by atoms with van der Waals surface area (Å²) in [5, 5.41) is 14.1. The topological polar surface area (TPSA) is 55.2 Å². The van der Waals surface area contributed by atoms with Gasteiger partial charge in [-0.15, -0.1) is 0 Å². The Morgan fingerprint density at radius 3 is 2.81 bits per heavy atom. The molecule has 0 spiro atoms. The zero-order valence-electron chi connectivity index (χ0n) is 9.40. The highest BCUT2D eigenvalue weighted by Crippen LogP contribution is 2.31. The number of para-hydroxylation sites is 1. The number of hydrogen-bond acceptors (Lipinski definition) is 3. The van der Waals surface area contributed by atoms with Gasteiger partial charge in [0.1, 0.15) is 5.69 Å². The van der Waals surface area contributed by atoms with Gasteiger partial charge >= 0.3 is 0 Å². The van der Waals surface area contributed by atoms with Gasteiger partial charge in [-0.25, -0.2) is 0 Å². The number of nitrogens with zero attached hydrogens (tertiary/aromatic N) is 1. The van der Waals surface area contributed by atoms with Gasteiger partial charge in [-0.3, -0.25) is 10.1 Å². The van der Waals surface area contributed by atoms with Crippen LogP contribution in [-0.4, -0.2) is 11.5 Å². The maximum Gasteiger partial charge on any atom is 0.292 e. The van der Waals surface area contributed by atoms with Crippen LogP contribution in [0.1, 0.15) is 24.8 Å². The van der Waals surface area contributed by atoms with Crippen molar-refractivity contribution in [3.05, 3.63) is 33.9 Å². The molecule has 1 saturated carbocycles. The molecule has 0 aromatic heterocycles. The van der Waals surface area contributed by atoms with E-state index < -0.39 is 0 Å². The minimum Gasteiger partial charge on any atom is -0.379 e. The van der Waals surface area contributed by atoms with Crippen LogP contribution in [-0.2, 0) is 0 Å². The summed E-state index contributed by atoms with van der Waals surface area (Å²) in [6.45, 7) is 2.75. The minimum atomic E-state index is -0.323. The van der Waals surface area contributed by atoms with Crippen LogP contribution in [0.25, 0.3) is 0 Å². The van der Waals surface area contributed by atoms with Crippen molar-refractivity contribution < 1.29 is 4.92 Å². The van der Waals surface area contributed by atoms with Gasteiger partial charge in [0, 0.05) is 12.6 Å². The summed E-state index contributed by atoms with van der Waals surface area (Å²) >= 11 is 0. The molecular weight excluding hydrogens is 204 g/mol. The van der Waals surface area contributed by atoms with Crippen molar-refractivity contribution in [1.29, 1.82) is 0 Å². The maximum absolute atomic E-state index is 10.9. The van der Waals surface area contributed by atoms with Crippen LogP contribution in [0.2, 0.25) is 0 Å². The highest BCUT2D eigenvalue weighted by atomic mass is 16.6. The predicted molar refractivity (Wildman–Crippen MR) is 63.7 cm³/mol. The molecule has 0 radical (unpaired) electrons. The molecule has 1 fully saturated rings. The fourth-order valence-electron chi connectivity index (χ4n) is 1.98. The number of aryl methyl sites for hydroxylation is 1. The Hall–Kier alpha value is -1.58. The highest BCUT2D eigenvalue weighted by molar-refractivity contribution is 5.65. The van der Waals surface area contributed by atoms with E-state index in [4.69, 9.17) is 0 Å². The Balaban J connectivity index is 2.13. The van der Waals surface area contributed by atoms with E-state index >= 15 is 0 Å². The molecule has 0 bridgehead atoms. The third kappa shape index (κ3) is 2.15. The number of nitrogens with one attached hydrogen (secondary N) is 1. The first kappa shape index (κ1) is 10.9. The molecule has 1 aliphatic rings. The Morgan fingerprint density at radius 1 is 1.50 bits per heavy atom. The van der Waals surface area contributed by atoms with Gasteiger partial charge in [0.25, 0.3) is 5.69 Å². The van der Waals surface area contributed by atoms with Gasteiger partial charge < -0.3 is 5.32 Å². The maximum atomic E-state index is 10.9. The van der Waals surface area contributed by atoms with Crippen LogP contribution in [0.15, 0.2) is 18.2 Å². The fraction of sp³-hybridized carbons (Fsp3) is 0.500. The zero-order chi connectivity index (χ0) is 11.5. The lowest BCUT2D eigenvalue weighted by atomic mass is 9.85. The summed E-state index contributed by atoms with van der Waals surface area (Å²) in [5.41, 5.74) is 1.80. The second-order valence-corrected chi connectivity index (χ2v) is 4.40. The normalized spacial score (nSPS) is 15.6. The van der Waals surface area contributed by atoms with Crippen LogP contribution in [0.4, 0.5) is 11.4 Å². The third-order valence-electron chi connectivity index (χ3n) is 3.24. The summed E-state index contributed by atoms with van der Waals surface area (Å²) in [6, 6.07) is 5.17. The third-order valence-corrected chi connectivity index (χ3v) is 3.24. The molecule has 0 amide bonds. The Bertz CT molecular complexity index is 400. The van der Waals surface area contributed by atoms with Crippen molar-refractivity contribution in [3.63, 3.8) is 0 Å². The fourth-order valence-corrected chi connectivity index (χ4v) is 1.98. The van der Waals surface area contributed by atoms with Crippen LogP contribution in [0.3, 0.4) is 0 Å². The van der Waals surface area contributed by atoms with Crippen LogP contribution in [0.5, 0.6) is 0 Å². The number of anilines is 1. The van der Waals surface area contributed by atoms with Gasteiger partial charge in [0.2, 0.25) is 0 Å². The van der Waals surface area contributed by atoms with Crippen molar-refractivity contribution in [3.8, 4) is 0 Å². The van der Waals surface area contributed by atoms with Crippen LogP contribution >= 0.6 is 0 Å². The first-order chi connectivity index (χ1) is 7.68. The number of nitro groups is 1. The second kappa shape index (κ2) is 4.51. The SMILES string of the molecule is Cc1cccc([N+](=O)[O-])c1NCC1CCC1. The molecule has 1 aromatic carbocycles. The lowest BCUT2D eigenvalue weighted by Gasteiger charge is -2.26. The van der Waals surface area contributed by atoms with Crippen molar-refractivity contribution in [2.24, 2.45) is 5.92 Å². The van der Waals surface area contributed by atoms with Crippen molar-refractivity contribution >= 4 is 11.4 Å².